The van der Waals surface area contributed by atoms with E-state index in [2.05, 4.69) is 0 Å². The summed E-state index contributed by atoms with van der Waals surface area (Å²) in [6, 6.07) is 6.46. The molecule has 0 aromatic heterocycles. The van der Waals surface area contributed by atoms with Crippen molar-refractivity contribution in [2.45, 2.75) is 47.5 Å². The lowest BCUT2D eigenvalue weighted by Crippen LogP contribution is -2.17. The summed E-state index contributed by atoms with van der Waals surface area (Å²) in [5.41, 5.74) is 1.08. The van der Waals surface area contributed by atoms with E-state index in [0.717, 1.165) is 17.1 Å². The highest BCUT2D eigenvalue weighted by molar-refractivity contribution is 7.98. The summed E-state index contributed by atoms with van der Waals surface area (Å²) in [7, 11) is 1.62. The molecule has 0 fully saturated rings. The van der Waals surface area contributed by atoms with Crippen LogP contribution in [0.2, 0.25) is 0 Å². The van der Waals surface area contributed by atoms with E-state index in [0.29, 0.717) is 6.42 Å². The smallest absolute Gasteiger partial charge is 0.132 e. The van der Waals surface area contributed by atoms with Crippen LogP contribution < -0.4 is 0 Å². The van der Waals surface area contributed by atoms with Crippen LogP contribution in [0.3, 0.4) is 0 Å². The van der Waals surface area contributed by atoms with Gasteiger partial charge in [0.25, 0.3) is 0 Å². The molecule has 20 heavy (non-hydrogen) atoms. The van der Waals surface area contributed by atoms with Crippen molar-refractivity contribution in [1.29, 1.82) is 0 Å². The Morgan fingerprint density at radius 1 is 1.25 bits per heavy atom. The van der Waals surface area contributed by atoms with Gasteiger partial charge in [-0.2, -0.15) is 11.8 Å². The molecule has 0 aliphatic carbocycles. The van der Waals surface area contributed by atoms with Gasteiger partial charge in [0.15, 0.2) is 0 Å². The summed E-state index contributed by atoms with van der Waals surface area (Å²) >= 11 is 1.69. The zero-order valence-electron chi connectivity index (χ0n) is 10.1. The number of Topliss-reactive ketones (excluding diaryl/α,β-unsaturated/α-hetero) is 1. The van der Waals surface area contributed by atoms with Crippen LogP contribution in [0.25, 0.3) is 0 Å². The molecule has 118 valence electrons. The minimum Gasteiger partial charge on any atom is -0.380 e. The predicted molar refractivity (Wildman–Crippen MR) is 88.9 cm³/mol. The lowest BCUT2D eigenvalue weighted by Gasteiger charge is -2.12. The quantitative estimate of drug-likeness (QED) is 0.712. The standard InChI is InChI=1S/C13H17FO2S.3CH4/c1-10(15)7-13(16-2)9-17-8-11-3-5-12(14)6-4-11;;;/h3-6,13H,7-9H2,1-2H3;3*1H4. The molecule has 1 unspecified atom stereocenters. The Hall–Kier alpha value is -0.870. The lowest BCUT2D eigenvalue weighted by molar-refractivity contribution is -0.119. The summed E-state index contributed by atoms with van der Waals surface area (Å²) in [5.74, 6) is 1.50. The van der Waals surface area contributed by atoms with Crippen LogP contribution in [0.5, 0.6) is 0 Å². The highest BCUT2D eigenvalue weighted by Crippen LogP contribution is 2.16. The van der Waals surface area contributed by atoms with Crippen molar-refractivity contribution in [1.82, 2.24) is 0 Å². The molecule has 0 saturated heterocycles. The van der Waals surface area contributed by atoms with E-state index < -0.39 is 0 Å². The lowest BCUT2D eigenvalue weighted by atomic mass is 10.2. The largest absolute Gasteiger partial charge is 0.380 e. The third kappa shape index (κ3) is 9.98. The number of thioether (sulfide) groups is 1. The molecule has 0 heterocycles. The van der Waals surface area contributed by atoms with Gasteiger partial charge in [0, 0.05) is 25.0 Å². The third-order valence-electron chi connectivity index (χ3n) is 2.33. The molecule has 0 radical (unpaired) electrons. The molecule has 0 spiro atoms. The van der Waals surface area contributed by atoms with Gasteiger partial charge in [0.2, 0.25) is 0 Å². The van der Waals surface area contributed by atoms with Gasteiger partial charge >= 0.3 is 0 Å². The van der Waals surface area contributed by atoms with E-state index in [1.54, 1.807) is 37.9 Å². The van der Waals surface area contributed by atoms with E-state index >= 15 is 0 Å². The van der Waals surface area contributed by atoms with Gasteiger partial charge in [-0.3, -0.25) is 4.79 Å². The number of ether oxygens (including phenoxy) is 1. The Morgan fingerprint density at radius 2 is 1.80 bits per heavy atom. The van der Waals surface area contributed by atoms with Crippen LogP contribution in [0, 0.1) is 5.82 Å². The maximum Gasteiger partial charge on any atom is 0.132 e. The van der Waals surface area contributed by atoms with Crippen molar-refractivity contribution < 1.29 is 13.9 Å². The normalized spacial score (nSPS) is 10.6. The second-order valence-corrected chi connectivity index (χ2v) is 4.94. The van der Waals surface area contributed by atoms with E-state index in [9.17, 15) is 9.18 Å². The van der Waals surface area contributed by atoms with E-state index in [-0.39, 0.29) is 40.0 Å². The number of carbonyl (C=O) groups is 1. The van der Waals surface area contributed by atoms with Gasteiger partial charge in [-0.05, 0) is 24.6 Å². The molecule has 1 aromatic rings. The van der Waals surface area contributed by atoms with Gasteiger partial charge in [0.1, 0.15) is 11.6 Å². The van der Waals surface area contributed by atoms with Crippen LogP contribution in [-0.4, -0.2) is 24.7 Å². The topological polar surface area (TPSA) is 26.3 Å². The summed E-state index contributed by atoms with van der Waals surface area (Å²) in [4.78, 5) is 11.0. The van der Waals surface area contributed by atoms with Crippen molar-refractivity contribution >= 4 is 17.5 Å². The number of hydrogen-bond acceptors (Lipinski definition) is 3. The van der Waals surface area contributed by atoms with Crippen molar-refractivity contribution in [2.75, 3.05) is 12.9 Å². The van der Waals surface area contributed by atoms with E-state index in [1.165, 1.54) is 12.1 Å². The molecule has 1 aromatic carbocycles. The average molecular weight is 304 g/mol. The third-order valence-corrected chi connectivity index (χ3v) is 3.48. The Bertz CT molecular complexity index is 352. The van der Waals surface area contributed by atoms with Crippen LogP contribution in [0.1, 0.15) is 41.2 Å². The molecule has 0 aliphatic heterocycles. The maximum absolute atomic E-state index is 12.7. The first-order valence-electron chi connectivity index (χ1n) is 5.46. The van der Waals surface area contributed by atoms with E-state index in [1.807, 2.05) is 0 Å². The molecule has 0 N–H and O–H groups in total. The summed E-state index contributed by atoms with van der Waals surface area (Å²) < 4.78 is 17.9. The number of rotatable bonds is 7. The Balaban J connectivity index is -0.000000963. The van der Waals surface area contributed by atoms with Gasteiger partial charge in [-0.25, -0.2) is 4.39 Å². The molecule has 0 saturated carbocycles. The molecule has 1 rings (SSSR count). The Kier molecular flexibility index (Phi) is 15.9. The van der Waals surface area contributed by atoms with Gasteiger partial charge in [-0.15, -0.1) is 0 Å². The Morgan fingerprint density at radius 3 is 2.25 bits per heavy atom. The average Bonchev–Trinajstić information content (AvgIpc) is 2.30. The highest BCUT2D eigenvalue weighted by atomic mass is 32.2. The molecule has 4 heteroatoms. The maximum atomic E-state index is 12.7. The van der Waals surface area contributed by atoms with Crippen molar-refractivity contribution in [3.8, 4) is 0 Å². The number of benzene rings is 1. The van der Waals surface area contributed by atoms with Crippen LogP contribution in [-0.2, 0) is 15.3 Å². The minimum atomic E-state index is -0.218. The zero-order valence-corrected chi connectivity index (χ0v) is 10.9. The van der Waals surface area contributed by atoms with Gasteiger partial charge < -0.3 is 4.74 Å². The number of carbonyl (C=O) groups excluding carboxylic acids is 1. The zero-order chi connectivity index (χ0) is 12.7. The molecule has 0 aliphatic rings. The molecular weight excluding hydrogens is 275 g/mol. The number of halogens is 1. The second-order valence-electron chi connectivity index (χ2n) is 3.91. The Labute approximate surface area is 128 Å². The molecule has 1 atom stereocenters. The number of methoxy groups -OCH3 is 1. The summed E-state index contributed by atoms with van der Waals surface area (Å²) in [6.45, 7) is 1.57. The molecule has 0 amide bonds. The van der Waals surface area contributed by atoms with Gasteiger partial charge in [-0.1, -0.05) is 34.4 Å². The predicted octanol–water partition coefficient (Wildman–Crippen LogP) is 4.96. The monoisotopic (exact) mass is 304 g/mol. The number of hydrogen-bond donors (Lipinski definition) is 0. The first-order valence-corrected chi connectivity index (χ1v) is 6.61. The van der Waals surface area contributed by atoms with E-state index in [4.69, 9.17) is 4.74 Å². The van der Waals surface area contributed by atoms with Crippen LogP contribution in [0.4, 0.5) is 4.39 Å². The fraction of sp³-hybridized carbons (Fsp3) is 0.562. The molecular formula is C16H29FO2S. The molecule has 2 nitrogen and oxygen atoms in total. The van der Waals surface area contributed by atoms with Crippen molar-refractivity contribution in [3.05, 3.63) is 35.6 Å². The number of ketones is 1. The highest BCUT2D eigenvalue weighted by Gasteiger charge is 2.10. The first-order chi connectivity index (χ1) is 8.11. The fourth-order valence-corrected chi connectivity index (χ4v) is 2.48. The minimum absolute atomic E-state index is 0. The summed E-state index contributed by atoms with van der Waals surface area (Å²) in [6.07, 6.45) is 0.422. The second kappa shape index (κ2) is 13.1. The van der Waals surface area contributed by atoms with Crippen molar-refractivity contribution in [2.24, 2.45) is 0 Å². The molecule has 0 bridgehead atoms. The van der Waals surface area contributed by atoms with Crippen LogP contribution >= 0.6 is 11.8 Å². The van der Waals surface area contributed by atoms with Gasteiger partial charge in [0.05, 0.1) is 6.10 Å². The summed E-state index contributed by atoms with van der Waals surface area (Å²) in [5, 5.41) is 0. The fourth-order valence-electron chi connectivity index (χ4n) is 1.42. The van der Waals surface area contributed by atoms with Crippen molar-refractivity contribution in [3.63, 3.8) is 0 Å². The SMILES string of the molecule is C.C.C.COC(CSCc1ccc(F)cc1)CC(C)=O. The van der Waals surface area contributed by atoms with Crippen LogP contribution in [0.15, 0.2) is 24.3 Å². The first kappa shape index (κ1) is 24.2.